The molecule has 4 N–H and O–H groups in total. The SMILES string of the molecule is C=CC(C=C)C(N)C(C)CN. The van der Waals surface area contributed by atoms with Gasteiger partial charge < -0.3 is 11.5 Å². The van der Waals surface area contributed by atoms with Gasteiger partial charge in [-0.2, -0.15) is 0 Å². The molecule has 0 saturated carbocycles. The van der Waals surface area contributed by atoms with Gasteiger partial charge in [0.1, 0.15) is 0 Å². The van der Waals surface area contributed by atoms with Crippen LogP contribution in [0.1, 0.15) is 6.92 Å². The average molecular weight is 154 g/mol. The van der Waals surface area contributed by atoms with Crippen molar-refractivity contribution in [2.75, 3.05) is 6.54 Å². The molecule has 2 unspecified atom stereocenters. The molecule has 0 heterocycles. The summed E-state index contributed by atoms with van der Waals surface area (Å²) >= 11 is 0. The zero-order chi connectivity index (χ0) is 8.85. The van der Waals surface area contributed by atoms with Crippen LogP contribution < -0.4 is 11.5 Å². The molecule has 0 aliphatic rings. The molecule has 0 aliphatic heterocycles. The Morgan fingerprint density at radius 2 is 1.82 bits per heavy atom. The van der Waals surface area contributed by atoms with Gasteiger partial charge in [-0.05, 0) is 12.5 Å². The molecule has 0 bridgehead atoms. The summed E-state index contributed by atoms with van der Waals surface area (Å²) in [6, 6.07) is 0.0509. The first-order chi connectivity index (χ1) is 5.17. The van der Waals surface area contributed by atoms with E-state index in [-0.39, 0.29) is 12.0 Å². The maximum atomic E-state index is 5.87. The van der Waals surface area contributed by atoms with Crippen LogP contribution in [0.2, 0.25) is 0 Å². The highest BCUT2D eigenvalue weighted by molar-refractivity contribution is 4.99. The monoisotopic (exact) mass is 154 g/mol. The first-order valence-corrected chi connectivity index (χ1v) is 3.88. The Morgan fingerprint density at radius 3 is 2.09 bits per heavy atom. The minimum atomic E-state index is 0.0509. The molecular weight excluding hydrogens is 136 g/mol. The van der Waals surface area contributed by atoms with E-state index < -0.39 is 0 Å². The zero-order valence-electron chi connectivity index (χ0n) is 7.16. The summed E-state index contributed by atoms with van der Waals surface area (Å²) in [5.41, 5.74) is 11.3. The lowest BCUT2D eigenvalue weighted by molar-refractivity contribution is 0.419. The van der Waals surface area contributed by atoms with E-state index in [9.17, 15) is 0 Å². The van der Waals surface area contributed by atoms with Crippen molar-refractivity contribution < 1.29 is 0 Å². The third kappa shape index (κ3) is 2.87. The lowest BCUT2D eigenvalue weighted by atomic mass is 9.90. The molecule has 0 fully saturated rings. The second-order valence-electron chi connectivity index (χ2n) is 2.84. The number of nitrogens with two attached hydrogens (primary N) is 2. The van der Waals surface area contributed by atoms with E-state index in [1.54, 1.807) is 0 Å². The fourth-order valence-electron chi connectivity index (χ4n) is 0.947. The van der Waals surface area contributed by atoms with Crippen molar-refractivity contribution in [2.24, 2.45) is 23.3 Å². The van der Waals surface area contributed by atoms with Crippen molar-refractivity contribution in [1.29, 1.82) is 0 Å². The summed E-state index contributed by atoms with van der Waals surface area (Å²) in [6.45, 7) is 10.00. The minimum Gasteiger partial charge on any atom is -0.330 e. The molecule has 0 aromatic carbocycles. The summed E-state index contributed by atoms with van der Waals surface area (Å²) in [5, 5.41) is 0. The van der Waals surface area contributed by atoms with Crippen molar-refractivity contribution in [3.05, 3.63) is 25.3 Å². The highest BCUT2D eigenvalue weighted by Crippen LogP contribution is 2.11. The maximum Gasteiger partial charge on any atom is 0.0175 e. The Balaban J connectivity index is 4.06. The van der Waals surface area contributed by atoms with Crippen LogP contribution in [0.25, 0.3) is 0 Å². The van der Waals surface area contributed by atoms with Gasteiger partial charge in [-0.1, -0.05) is 19.1 Å². The van der Waals surface area contributed by atoms with E-state index in [0.717, 1.165) is 0 Å². The Bertz CT molecular complexity index is 124. The predicted octanol–water partition coefficient (Wildman–Crippen LogP) is 0.897. The summed E-state index contributed by atoms with van der Waals surface area (Å²) in [7, 11) is 0. The third-order valence-corrected chi connectivity index (χ3v) is 2.02. The molecule has 0 aromatic rings. The largest absolute Gasteiger partial charge is 0.330 e. The van der Waals surface area contributed by atoms with Crippen LogP contribution in [-0.2, 0) is 0 Å². The van der Waals surface area contributed by atoms with Crippen molar-refractivity contribution in [2.45, 2.75) is 13.0 Å². The number of rotatable bonds is 5. The average Bonchev–Trinajstić information content (AvgIpc) is 2.05. The van der Waals surface area contributed by atoms with Crippen molar-refractivity contribution in [3.63, 3.8) is 0 Å². The molecular formula is C9H18N2. The van der Waals surface area contributed by atoms with Gasteiger partial charge in [0.2, 0.25) is 0 Å². The van der Waals surface area contributed by atoms with Crippen LogP contribution in [-0.4, -0.2) is 12.6 Å². The van der Waals surface area contributed by atoms with Crippen molar-refractivity contribution >= 4 is 0 Å². The van der Waals surface area contributed by atoms with Gasteiger partial charge >= 0.3 is 0 Å². The normalized spacial score (nSPS) is 16.0. The summed E-state index contributed by atoms with van der Waals surface area (Å²) in [4.78, 5) is 0. The first-order valence-electron chi connectivity index (χ1n) is 3.88. The van der Waals surface area contributed by atoms with Crippen molar-refractivity contribution in [1.82, 2.24) is 0 Å². The van der Waals surface area contributed by atoms with E-state index in [1.165, 1.54) is 0 Å². The molecule has 2 nitrogen and oxygen atoms in total. The number of hydrogen-bond acceptors (Lipinski definition) is 2. The van der Waals surface area contributed by atoms with Crippen LogP contribution in [0.4, 0.5) is 0 Å². The van der Waals surface area contributed by atoms with Gasteiger partial charge in [-0.15, -0.1) is 13.2 Å². The van der Waals surface area contributed by atoms with E-state index in [1.807, 2.05) is 19.1 Å². The highest BCUT2D eigenvalue weighted by atomic mass is 14.7. The molecule has 0 aliphatic carbocycles. The summed E-state index contributed by atoms with van der Waals surface area (Å²) in [6.07, 6.45) is 3.62. The molecule has 0 radical (unpaired) electrons. The molecule has 0 rings (SSSR count). The van der Waals surface area contributed by atoms with Crippen LogP contribution in [0.3, 0.4) is 0 Å². The van der Waals surface area contributed by atoms with Gasteiger partial charge in [0.15, 0.2) is 0 Å². The van der Waals surface area contributed by atoms with Crippen LogP contribution in [0, 0.1) is 11.8 Å². The Kier molecular flexibility index (Phi) is 4.83. The molecule has 0 saturated heterocycles. The van der Waals surface area contributed by atoms with Crippen LogP contribution >= 0.6 is 0 Å². The van der Waals surface area contributed by atoms with Gasteiger partial charge in [0.05, 0.1) is 0 Å². The molecule has 2 atom stereocenters. The fraction of sp³-hybridized carbons (Fsp3) is 0.556. The second kappa shape index (κ2) is 5.10. The summed E-state index contributed by atoms with van der Waals surface area (Å²) in [5.74, 6) is 0.490. The standard InChI is InChI=1S/C9H18N2/c1-4-8(5-2)9(11)7(3)6-10/h4-5,7-9H,1-2,6,10-11H2,3H3. The van der Waals surface area contributed by atoms with E-state index in [2.05, 4.69) is 13.2 Å². The Morgan fingerprint density at radius 1 is 1.36 bits per heavy atom. The van der Waals surface area contributed by atoms with Crippen LogP contribution in [0.5, 0.6) is 0 Å². The lowest BCUT2D eigenvalue weighted by Gasteiger charge is -2.22. The topological polar surface area (TPSA) is 52.0 Å². The van der Waals surface area contributed by atoms with E-state index in [4.69, 9.17) is 11.5 Å². The lowest BCUT2D eigenvalue weighted by Crippen LogP contribution is -2.38. The van der Waals surface area contributed by atoms with E-state index in [0.29, 0.717) is 12.5 Å². The zero-order valence-corrected chi connectivity index (χ0v) is 7.16. The molecule has 11 heavy (non-hydrogen) atoms. The molecule has 2 heteroatoms. The van der Waals surface area contributed by atoms with Gasteiger partial charge in [-0.25, -0.2) is 0 Å². The van der Waals surface area contributed by atoms with Gasteiger partial charge in [-0.3, -0.25) is 0 Å². The first kappa shape index (κ1) is 10.4. The molecule has 0 amide bonds. The fourth-order valence-corrected chi connectivity index (χ4v) is 0.947. The predicted molar refractivity (Wildman–Crippen MR) is 50.1 cm³/mol. The van der Waals surface area contributed by atoms with Gasteiger partial charge in [0.25, 0.3) is 0 Å². The third-order valence-electron chi connectivity index (χ3n) is 2.02. The van der Waals surface area contributed by atoms with Crippen LogP contribution in [0.15, 0.2) is 25.3 Å². The van der Waals surface area contributed by atoms with E-state index >= 15 is 0 Å². The summed E-state index contributed by atoms with van der Waals surface area (Å²) < 4.78 is 0. The van der Waals surface area contributed by atoms with Gasteiger partial charge in [0, 0.05) is 12.0 Å². The highest BCUT2D eigenvalue weighted by Gasteiger charge is 2.16. The Labute approximate surface area is 69.0 Å². The maximum absolute atomic E-state index is 5.87. The molecule has 0 spiro atoms. The quantitative estimate of drug-likeness (QED) is 0.578. The molecule has 0 aromatic heterocycles. The number of hydrogen-bond donors (Lipinski definition) is 2. The Hall–Kier alpha value is -0.600. The minimum absolute atomic E-state index is 0.0509. The second-order valence-corrected chi connectivity index (χ2v) is 2.84. The smallest absolute Gasteiger partial charge is 0.0175 e. The van der Waals surface area contributed by atoms with Crippen molar-refractivity contribution in [3.8, 4) is 0 Å². The molecule has 64 valence electrons.